The van der Waals surface area contributed by atoms with E-state index in [4.69, 9.17) is 4.99 Å². The Hall–Kier alpha value is -4.04. The van der Waals surface area contributed by atoms with Crippen molar-refractivity contribution >= 4 is 29.0 Å². The molecule has 1 N–H and O–H groups in total. The molecule has 0 fully saturated rings. The van der Waals surface area contributed by atoms with Gasteiger partial charge in [0.1, 0.15) is 0 Å². The Kier molecular flexibility index (Phi) is 6.05. The monoisotopic (exact) mass is 483 g/mol. The zero-order valence-corrected chi connectivity index (χ0v) is 20.5. The number of benzene rings is 2. The van der Waals surface area contributed by atoms with E-state index in [1.54, 1.807) is 4.57 Å². The second-order valence-electron chi connectivity index (χ2n) is 8.34. The van der Waals surface area contributed by atoms with E-state index in [-0.39, 0.29) is 11.5 Å². The van der Waals surface area contributed by atoms with Crippen LogP contribution < -0.4 is 20.2 Å². The first-order valence-electron chi connectivity index (χ1n) is 11.4. The predicted molar refractivity (Wildman–Crippen MR) is 138 cm³/mol. The number of rotatable bonds is 5. The third-order valence-electron chi connectivity index (χ3n) is 6.01. The van der Waals surface area contributed by atoms with Gasteiger partial charge in [-0.15, -0.1) is 0 Å². The van der Waals surface area contributed by atoms with Crippen molar-refractivity contribution in [1.82, 2.24) is 14.3 Å². The molecular formula is C27H25N5O2S. The van der Waals surface area contributed by atoms with E-state index in [0.29, 0.717) is 26.3 Å². The fourth-order valence-electron chi connectivity index (χ4n) is 4.26. The molecule has 8 heteroatoms. The Balaban J connectivity index is 1.67. The number of aryl methyl sites for hydroxylation is 2. The average Bonchev–Trinajstić information content (AvgIpc) is 3.37. The average molecular weight is 484 g/mol. The van der Waals surface area contributed by atoms with Gasteiger partial charge in [0, 0.05) is 24.0 Å². The summed E-state index contributed by atoms with van der Waals surface area (Å²) in [6.07, 6.45) is 3.80. The van der Waals surface area contributed by atoms with Gasteiger partial charge in [-0.05, 0) is 44.5 Å². The van der Waals surface area contributed by atoms with Crippen molar-refractivity contribution in [1.29, 1.82) is 0 Å². The summed E-state index contributed by atoms with van der Waals surface area (Å²) < 4.78 is 4.04. The van der Waals surface area contributed by atoms with Crippen molar-refractivity contribution < 1.29 is 4.79 Å². The number of anilines is 1. The van der Waals surface area contributed by atoms with Gasteiger partial charge in [-0.1, -0.05) is 59.9 Å². The summed E-state index contributed by atoms with van der Waals surface area (Å²) in [5, 5.41) is 7.45. The topological polar surface area (TPSA) is 81.3 Å². The molecular weight excluding hydrogens is 458 g/mol. The molecule has 35 heavy (non-hydrogen) atoms. The van der Waals surface area contributed by atoms with Crippen LogP contribution in [0.5, 0.6) is 0 Å². The number of aromatic nitrogens is 3. The third-order valence-corrected chi connectivity index (χ3v) is 6.99. The maximum Gasteiger partial charge on any atom is 0.271 e. The second kappa shape index (κ2) is 9.31. The van der Waals surface area contributed by atoms with Crippen molar-refractivity contribution in [3.63, 3.8) is 0 Å². The fourth-order valence-corrected chi connectivity index (χ4v) is 5.30. The highest BCUT2D eigenvalue weighted by Gasteiger charge is 2.32. The second-order valence-corrected chi connectivity index (χ2v) is 9.35. The van der Waals surface area contributed by atoms with E-state index in [2.05, 4.69) is 10.4 Å². The minimum absolute atomic E-state index is 0.177. The molecule has 4 aromatic rings. The maximum absolute atomic E-state index is 13.7. The van der Waals surface area contributed by atoms with E-state index in [0.717, 1.165) is 23.4 Å². The van der Waals surface area contributed by atoms with Crippen molar-refractivity contribution in [2.24, 2.45) is 4.99 Å². The lowest BCUT2D eigenvalue weighted by Crippen LogP contribution is -2.40. The van der Waals surface area contributed by atoms with Gasteiger partial charge in [0.15, 0.2) is 4.80 Å². The van der Waals surface area contributed by atoms with Crippen LogP contribution in [0.15, 0.2) is 87.9 Å². The molecule has 2 aromatic carbocycles. The van der Waals surface area contributed by atoms with Crippen LogP contribution in [-0.2, 0) is 11.3 Å². The number of amides is 1. The highest BCUT2D eigenvalue weighted by Crippen LogP contribution is 2.30. The number of nitrogens with one attached hydrogen (secondary N) is 1. The minimum Gasteiger partial charge on any atom is -0.322 e. The zero-order valence-electron chi connectivity index (χ0n) is 19.7. The highest BCUT2D eigenvalue weighted by atomic mass is 32.1. The SMILES string of the molecule is CCn1cc(/C=c2/sc3n(c2=O)[C@@H](c2ccccc2)C(C(=O)Nc2ccccc2)=C(C)N=3)c(C)n1. The summed E-state index contributed by atoms with van der Waals surface area (Å²) in [7, 11) is 0. The Bertz CT molecular complexity index is 1610. The molecule has 1 amide bonds. The number of carbonyl (C=O) groups excluding carboxylic acids is 1. The van der Waals surface area contributed by atoms with Crippen molar-refractivity contribution in [2.75, 3.05) is 5.32 Å². The number of para-hydroxylation sites is 1. The molecule has 1 atom stereocenters. The predicted octanol–water partition coefficient (Wildman–Crippen LogP) is 3.40. The Morgan fingerprint density at radius 2 is 1.77 bits per heavy atom. The first kappa shape index (κ1) is 22.7. The van der Waals surface area contributed by atoms with E-state index in [1.807, 2.05) is 98.4 Å². The van der Waals surface area contributed by atoms with Crippen LogP contribution in [0.3, 0.4) is 0 Å². The molecule has 1 aliphatic rings. The highest BCUT2D eigenvalue weighted by molar-refractivity contribution is 7.07. The molecule has 0 unspecified atom stereocenters. The maximum atomic E-state index is 13.7. The van der Waals surface area contributed by atoms with Crippen LogP contribution >= 0.6 is 11.3 Å². The van der Waals surface area contributed by atoms with Gasteiger partial charge in [0.05, 0.1) is 27.5 Å². The fraction of sp³-hybridized carbons (Fsp3) is 0.185. The molecule has 0 aliphatic carbocycles. The van der Waals surface area contributed by atoms with Gasteiger partial charge >= 0.3 is 0 Å². The van der Waals surface area contributed by atoms with Gasteiger partial charge in [0.2, 0.25) is 0 Å². The van der Waals surface area contributed by atoms with Gasteiger partial charge < -0.3 is 5.32 Å². The van der Waals surface area contributed by atoms with E-state index < -0.39 is 6.04 Å². The lowest BCUT2D eigenvalue weighted by Gasteiger charge is -2.25. The van der Waals surface area contributed by atoms with Gasteiger partial charge in [0.25, 0.3) is 11.5 Å². The van der Waals surface area contributed by atoms with Crippen molar-refractivity contribution in [3.8, 4) is 0 Å². The quantitative estimate of drug-likeness (QED) is 0.472. The lowest BCUT2D eigenvalue weighted by molar-refractivity contribution is -0.113. The number of thiazole rings is 1. The molecule has 0 bridgehead atoms. The molecule has 176 valence electrons. The first-order valence-corrected chi connectivity index (χ1v) is 12.3. The number of nitrogens with zero attached hydrogens (tertiary/aromatic N) is 4. The number of allylic oxidation sites excluding steroid dienone is 1. The molecule has 2 aromatic heterocycles. The summed E-state index contributed by atoms with van der Waals surface area (Å²) in [5.41, 5.74) is 4.16. The van der Waals surface area contributed by atoms with Crippen LogP contribution in [0, 0.1) is 6.92 Å². The van der Waals surface area contributed by atoms with Crippen molar-refractivity contribution in [2.45, 2.75) is 33.4 Å². The lowest BCUT2D eigenvalue weighted by atomic mass is 9.95. The Morgan fingerprint density at radius 3 is 2.43 bits per heavy atom. The van der Waals surface area contributed by atoms with Crippen molar-refractivity contribution in [3.05, 3.63) is 115 Å². The van der Waals surface area contributed by atoms with E-state index in [9.17, 15) is 9.59 Å². The minimum atomic E-state index is -0.585. The Labute approximate surface area is 206 Å². The van der Waals surface area contributed by atoms with Crippen LogP contribution in [0.2, 0.25) is 0 Å². The molecule has 0 radical (unpaired) electrons. The number of hydrogen-bond acceptors (Lipinski definition) is 5. The summed E-state index contributed by atoms with van der Waals surface area (Å²) >= 11 is 1.33. The number of carbonyl (C=O) groups is 1. The van der Waals surface area contributed by atoms with Crippen LogP contribution in [-0.4, -0.2) is 20.3 Å². The first-order chi connectivity index (χ1) is 17.0. The molecule has 1 aliphatic heterocycles. The number of fused-ring (bicyclic) bond motifs is 1. The van der Waals surface area contributed by atoms with Gasteiger partial charge in [-0.25, -0.2) is 4.99 Å². The number of hydrogen-bond donors (Lipinski definition) is 1. The van der Waals surface area contributed by atoms with Gasteiger partial charge in [-0.2, -0.15) is 5.10 Å². The smallest absolute Gasteiger partial charge is 0.271 e. The third kappa shape index (κ3) is 4.28. The normalized spacial score (nSPS) is 15.6. The molecule has 7 nitrogen and oxygen atoms in total. The molecule has 0 spiro atoms. The summed E-state index contributed by atoms with van der Waals surface area (Å²) in [4.78, 5) is 32.5. The van der Waals surface area contributed by atoms with Gasteiger partial charge in [-0.3, -0.25) is 18.8 Å². The van der Waals surface area contributed by atoms with E-state index >= 15 is 0 Å². The summed E-state index contributed by atoms with van der Waals surface area (Å²) in [6, 6.07) is 18.3. The molecule has 0 saturated carbocycles. The molecule has 0 saturated heterocycles. The molecule has 5 rings (SSSR count). The molecule has 3 heterocycles. The van der Waals surface area contributed by atoms with Crippen LogP contribution in [0.25, 0.3) is 6.08 Å². The van der Waals surface area contributed by atoms with Crippen LogP contribution in [0.1, 0.15) is 36.7 Å². The standard InChI is InChI=1S/C27H25N5O2S/c1-4-31-16-20(17(2)30-31)15-22-26(34)32-24(19-11-7-5-8-12-19)23(18(3)28-27(32)35-22)25(33)29-21-13-9-6-10-14-21/h5-16,24H,4H2,1-3H3,(H,29,33)/b22-15+/t24-/m0/s1. The summed E-state index contributed by atoms with van der Waals surface area (Å²) in [6.45, 7) is 6.53. The Morgan fingerprint density at radius 1 is 1.09 bits per heavy atom. The largest absolute Gasteiger partial charge is 0.322 e. The van der Waals surface area contributed by atoms with Crippen LogP contribution in [0.4, 0.5) is 5.69 Å². The van der Waals surface area contributed by atoms with E-state index in [1.165, 1.54) is 11.3 Å². The zero-order chi connectivity index (χ0) is 24.5. The summed E-state index contributed by atoms with van der Waals surface area (Å²) in [5.74, 6) is -0.277.